The molecule has 0 heterocycles. The topological polar surface area (TPSA) is 87.7 Å². The van der Waals surface area contributed by atoms with Crippen LogP contribution in [-0.2, 0) is 14.3 Å². The van der Waals surface area contributed by atoms with Crippen LogP contribution in [0.15, 0.2) is 36.4 Å². The van der Waals surface area contributed by atoms with E-state index >= 15 is 0 Å². The van der Waals surface area contributed by atoms with Gasteiger partial charge in [-0.2, -0.15) is 0 Å². The summed E-state index contributed by atoms with van der Waals surface area (Å²) >= 11 is 6.50. The van der Waals surface area contributed by atoms with Crippen LogP contribution >= 0.6 is 11.6 Å². The summed E-state index contributed by atoms with van der Waals surface area (Å²) in [6.07, 6.45) is 3.68. The number of alkyl carbamates (subject to hydrolysis) is 1. The van der Waals surface area contributed by atoms with E-state index in [1.54, 1.807) is 31.7 Å². The molecule has 0 aliphatic carbocycles. The third kappa shape index (κ3) is 10.3. The first kappa shape index (κ1) is 35.1. The van der Waals surface area contributed by atoms with E-state index in [2.05, 4.69) is 17.6 Å². The summed E-state index contributed by atoms with van der Waals surface area (Å²) in [5, 5.41) is 6.29. The van der Waals surface area contributed by atoms with Crippen molar-refractivity contribution in [3.05, 3.63) is 63.7 Å². The zero-order valence-corrected chi connectivity index (χ0v) is 27.7. The third-order valence-electron chi connectivity index (χ3n) is 7.28. The molecule has 8 heteroatoms. The number of aryl methyl sites for hydroxylation is 3. The lowest BCUT2D eigenvalue weighted by atomic mass is 9.94. The summed E-state index contributed by atoms with van der Waals surface area (Å²) in [7, 11) is 0. The number of nitrogens with zero attached hydrogens (tertiary/aromatic N) is 1. The molecule has 3 unspecified atom stereocenters. The quantitative estimate of drug-likeness (QED) is 0.227. The van der Waals surface area contributed by atoms with Gasteiger partial charge in [-0.05, 0) is 71.1 Å². The maximum atomic E-state index is 14.5. The molecule has 0 spiro atoms. The summed E-state index contributed by atoms with van der Waals surface area (Å²) in [6, 6.07) is 9.55. The maximum absolute atomic E-state index is 14.5. The van der Waals surface area contributed by atoms with E-state index < -0.39 is 23.8 Å². The van der Waals surface area contributed by atoms with Crippen LogP contribution in [0.1, 0.15) is 102 Å². The highest BCUT2D eigenvalue weighted by atomic mass is 35.5. The van der Waals surface area contributed by atoms with E-state index in [-0.39, 0.29) is 17.7 Å². The first-order valence-corrected chi connectivity index (χ1v) is 15.5. The fraction of sp³-hybridized carbons (Fsp3) is 0.559. The van der Waals surface area contributed by atoms with Gasteiger partial charge in [-0.15, -0.1) is 0 Å². The first-order chi connectivity index (χ1) is 19.7. The second kappa shape index (κ2) is 16.0. The van der Waals surface area contributed by atoms with Crippen LogP contribution in [0.2, 0.25) is 5.02 Å². The molecule has 2 rings (SSSR count). The summed E-state index contributed by atoms with van der Waals surface area (Å²) in [5.74, 6) is -0.876. The number of benzene rings is 2. The zero-order chi connectivity index (χ0) is 31.6. The molecule has 2 aromatic carbocycles. The molecular weight excluding hydrogens is 550 g/mol. The fourth-order valence-corrected chi connectivity index (χ4v) is 5.26. The highest BCUT2D eigenvalue weighted by Gasteiger charge is 2.38. The van der Waals surface area contributed by atoms with Crippen LogP contribution in [0.3, 0.4) is 0 Å². The van der Waals surface area contributed by atoms with Gasteiger partial charge in [-0.25, -0.2) is 4.79 Å². The van der Waals surface area contributed by atoms with Crippen molar-refractivity contribution in [3.8, 4) is 0 Å². The van der Waals surface area contributed by atoms with Crippen LogP contribution in [0.5, 0.6) is 0 Å². The van der Waals surface area contributed by atoms with Gasteiger partial charge in [-0.3, -0.25) is 9.59 Å². The van der Waals surface area contributed by atoms with Crippen LogP contribution in [-0.4, -0.2) is 41.0 Å². The molecule has 7 nitrogen and oxygen atoms in total. The van der Waals surface area contributed by atoms with Crippen molar-refractivity contribution < 1.29 is 19.1 Å². The third-order valence-corrected chi connectivity index (χ3v) is 7.59. The van der Waals surface area contributed by atoms with E-state index in [4.69, 9.17) is 16.3 Å². The van der Waals surface area contributed by atoms with Gasteiger partial charge in [0.1, 0.15) is 17.7 Å². The summed E-state index contributed by atoms with van der Waals surface area (Å²) in [6.45, 7) is 17.6. The van der Waals surface area contributed by atoms with Gasteiger partial charge in [0.05, 0.1) is 10.7 Å². The van der Waals surface area contributed by atoms with E-state index in [9.17, 15) is 14.4 Å². The van der Waals surface area contributed by atoms with Crippen molar-refractivity contribution >= 4 is 35.2 Å². The molecule has 0 saturated heterocycles. The number of halogens is 1. The Morgan fingerprint density at radius 1 is 0.976 bits per heavy atom. The van der Waals surface area contributed by atoms with Crippen molar-refractivity contribution in [2.24, 2.45) is 5.92 Å². The molecular formula is C34H50ClN3O4. The van der Waals surface area contributed by atoms with Gasteiger partial charge >= 0.3 is 6.09 Å². The highest BCUT2D eigenvalue weighted by Crippen LogP contribution is 2.31. The minimum atomic E-state index is -0.944. The van der Waals surface area contributed by atoms with Gasteiger partial charge in [0.2, 0.25) is 5.91 Å². The standard InChI is InChI=1S/C34H50ClN3O4/c1-10-12-13-14-18-38(32(40)29(24(5)11-2)37-33(41)42-34(7,8)9)30(26-20-22(3)19-23(4)21-26)31(39)36-28-25(6)16-15-17-27(28)35/h15-17,19-21,24,29-30H,10-14,18H2,1-9H3,(H,36,39)(H,37,41). The monoisotopic (exact) mass is 599 g/mol. The number of rotatable bonds is 13. The SMILES string of the molecule is CCCCCCN(C(=O)C(NC(=O)OC(C)(C)C)C(C)CC)C(C(=O)Nc1c(C)cccc1Cl)c1cc(C)cc(C)c1. The number of hydrogen-bond donors (Lipinski definition) is 2. The Labute approximate surface area is 257 Å². The van der Waals surface area contributed by atoms with E-state index in [1.807, 2.05) is 65.0 Å². The molecule has 0 aliphatic rings. The van der Waals surface area contributed by atoms with Gasteiger partial charge < -0.3 is 20.3 Å². The number of carbonyl (C=O) groups excluding carboxylic acids is 3. The van der Waals surface area contributed by atoms with E-state index in [0.29, 0.717) is 29.2 Å². The predicted molar refractivity (Wildman–Crippen MR) is 172 cm³/mol. The minimum Gasteiger partial charge on any atom is -0.444 e. The van der Waals surface area contributed by atoms with Gasteiger partial charge in [0, 0.05) is 6.54 Å². The second-order valence-corrected chi connectivity index (χ2v) is 12.8. The second-order valence-electron chi connectivity index (χ2n) is 12.3. The molecule has 2 aromatic rings. The number of para-hydroxylation sites is 1. The van der Waals surface area contributed by atoms with Crippen LogP contribution < -0.4 is 10.6 Å². The number of carbonyl (C=O) groups is 3. The number of amides is 3. The molecule has 42 heavy (non-hydrogen) atoms. The fourth-order valence-electron chi connectivity index (χ4n) is 4.99. The van der Waals surface area contributed by atoms with Gasteiger partial charge in [0.15, 0.2) is 0 Å². The van der Waals surface area contributed by atoms with Gasteiger partial charge in [-0.1, -0.05) is 99.5 Å². The molecule has 3 amide bonds. The number of anilines is 1. The van der Waals surface area contributed by atoms with Crippen LogP contribution in [0.25, 0.3) is 0 Å². The Kier molecular flexibility index (Phi) is 13.4. The molecule has 0 saturated carbocycles. The Balaban J connectivity index is 2.65. The average Bonchev–Trinajstić information content (AvgIpc) is 2.88. The Hall–Kier alpha value is -3.06. The smallest absolute Gasteiger partial charge is 0.408 e. The van der Waals surface area contributed by atoms with Crippen molar-refractivity contribution in [3.63, 3.8) is 0 Å². The van der Waals surface area contributed by atoms with Crippen molar-refractivity contribution in [1.29, 1.82) is 0 Å². The summed E-state index contributed by atoms with van der Waals surface area (Å²) < 4.78 is 5.52. The molecule has 0 aromatic heterocycles. The molecule has 0 bridgehead atoms. The molecule has 0 fully saturated rings. The maximum Gasteiger partial charge on any atom is 0.408 e. The zero-order valence-electron chi connectivity index (χ0n) is 26.9. The van der Waals surface area contributed by atoms with E-state index in [1.165, 1.54) is 0 Å². The Bertz CT molecular complexity index is 1180. The normalized spacial score (nSPS) is 13.6. The number of nitrogens with one attached hydrogen (secondary N) is 2. The van der Waals surface area contributed by atoms with Crippen molar-refractivity contribution in [1.82, 2.24) is 10.2 Å². The molecule has 232 valence electrons. The highest BCUT2D eigenvalue weighted by molar-refractivity contribution is 6.34. The minimum absolute atomic E-state index is 0.197. The number of hydrogen-bond acceptors (Lipinski definition) is 4. The Morgan fingerprint density at radius 3 is 2.17 bits per heavy atom. The summed E-state index contributed by atoms with van der Waals surface area (Å²) in [5.41, 5.74) is 3.29. The lowest BCUT2D eigenvalue weighted by Gasteiger charge is -2.36. The average molecular weight is 600 g/mol. The van der Waals surface area contributed by atoms with Crippen LogP contribution in [0.4, 0.5) is 10.5 Å². The predicted octanol–water partition coefficient (Wildman–Crippen LogP) is 8.29. The molecule has 0 radical (unpaired) electrons. The number of unbranched alkanes of at least 4 members (excludes halogenated alkanes) is 3. The molecule has 0 aliphatic heterocycles. The van der Waals surface area contributed by atoms with Gasteiger partial charge in [0.25, 0.3) is 5.91 Å². The molecule has 2 N–H and O–H groups in total. The molecule has 3 atom stereocenters. The first-order valence-electron chi connectivity index (χ1n) is 15.1. The van der Waals surface area contributed by atoms with Crippen molar-refractivity contribution in [2.45, 2.75) is 112 Å². The Morgan fingerprint density at radius 2 is 1.62 bits per heavy atom. The van der Waals surface area contributed by atoms with Crippen molar-refractivity contribution in [2.75, 3.05) is 11.9 Å². The lowest BCUT2D eigenvalue weighted by molar-refractivity contribution is -0.142. The van der Waals surface area contributed by atoms with Crippen LogP contribution in [0, 0.1) is 26.7 Å². The van der Waals surface area contributed by atoms with E-state index in [0.717, 1.165) is 42.4 Å². The summed E-state index contributed by atoms with van der Waals surface area (Å²) in [4.78, 5) is 43.3. The largest absolute Gasteiger partial charge is 0.444 e. The lowest BCUT2D eigenvalue weighted by Crippen LogP contribution is -2.55. The number of ether oxygens (including phenoxy) is 1.